The molecule has 0 atom stereocenters. The first-order valence-corrected chi connectivity index (χ1v) is 6.99. The van der Waals surface area contributed by atoms with E-state index in [2.05, 4.69) is 24.9 Å². The van der Waals surface area contributed by atoms with Gasteiger partial charge in [-0.05, 0) is 19.9 Å². The second-order valence-corrected chi connectivity index (χ2v) is 6.18. The highest BCUT2D eigenvalue weighted by Crippen LogP contribution is 2.32. The maximum atomic E-state index is 10.5. The molecule has 17 heavy (non-hydrogen) atoms. The number of nitrogens with zero attached hydrogens (tertiary/aromatic N) is 1. The molecule has 0 aliphatic heterocycles. The molecule has 0 unspecified atom stereocenters. The average molecular weight is 267 g/mol. The number of hydrogen-bond donors (Lipinski definition) is 1. The van der Waals surface area contributed by atoms with Crippen molar-refractivity contribution in [2.45, 2.75) is 26.7 Å². The minimum Gasteiger partial charge on any atom is -0.481 e. The molecule has 1 N–H and O–H groups in total. The zero-order valence-electron chi connectivity index (χ0n) is 9.69. The van der Waals surface area contributed by atoms with Crippen LogP contribution in [0.2, 0.25) is 0 Å². The average Bonchev–Trinajstić information content (AvgIpc) is 2.82. The predicted octanol–water partition coefficient (Wildman–Crippen LogP) is 3.51. The summed E-state index contributed by atoms with van der Waals surface area (Å²) in [5.74, 6) is -0.776. The third kappa shape index (κ3) is 2.92. The van der Waals surface area contributed by atoms with Gasteiger partial charge in [0.15, 0.2) is 0 Å². The van der Waals surface area contributed by atoms with Crippen LogP contribution in [0.3, 0.4) is 0 Å². The predicted molar refractivity (Wildman–Crippen MR) is 70.9 cm³/mol. The Morgan fingerprint density at radius 1 is 1.47 bits per heavy atom. The van der Waals surface area contributed by atoms with Gasteiger partial charge >= 0.3 is 5.97 Å². The molecule has 0 amide bonds. The molecule has 0 saturated carbocycles. The lowest BCUT2D eigenvalue weighted by Gasteiger charge is -1.93. The molecular formula is C12H13NO2S2. The second-order valence-electron chi connectivity index (χ2n) is 3.86. The van der Waals surface area contributed by atoms with Gasteiger partial charge in [0.25, 0.3) is 0 Å². The van der Waals surface area contributed by atoms with Crippen LogP contribution < -0.4 is 0 Å². The van der Waals surface area contributed by atoms with E-state index < -0.39 is 5.97 Å². The SMILES string of the molecule is Cc1cc(-c2nc(CCC(=O)O)cs2)c(C)s1. The molecule has 0 saturated heterocycles. The van der Waals surface area contributed by atoms with Gasteiger partial charge in [-0.25, -0.2) is 4.98 Å². The molecule has 0 aliphatic carbocycles. The van der Waals surface area contributed by atoms with Crippen LogP contribution in [0.4, 0.5) is 0 Å². The van der Waals surface area contributed by atoms with Gasteiger partial charge in [-0.3, -0.25) is 4.79 Å². The number of aryl methyl sites for hydroxylation is 3. The van der Waals surface area contributed by atoms with Gasteiger partial charge in [0.05, 0.1) is 12.1 Å². The van der Waals surface area contributed by atoms with Crippen molar-refractivity contribution >= 4 is 28.6 Å². The Labute approximate surface area is 108 Å². The molecule has 2 rings (SSSR count). The summed E-state index contributed by atoms with van der Waals surface area (Å²) in [6.45, 7) is 4.17. The molecule has 3 nitrogen and oxygen atoms in total. The maximum absolute atomic E-state index is 10.5. The van der Waals surface area contributed by atoms with Crippen LogP contribution in [0, 0.1) is 13.8 Å². The van der Waals surface area contributed by atoms with E-state index in [0.717, 1.165) is 10.7 Å². The van der Waals surface area contributed by atoms with Crippen molar-refractivity contribution in [2.24, 2.45) is 0 Å². The Bertz CT molecular complexity index is 542. The van der Waals surface area contributed by atoms with E-state index in [0.29, 0.717) is 6.42 Å². The van der Waals surface area contributed by atoms with Crippen molar-refractivity contribution in [3.63, 3.8) is 0 Å². The van der Waals surface area contributed by atoms with E-state index in [1.54, 1.807) is 22.7 Å². The number of carboxylic acids is 1. The summed E-state index contributed by atoms with van der Waals surface area (Å²) >= 11 is 3.35. The molecule has 0 aliphatic rings. The maximum Gasteiger partial charge on any atom is 0.303 e. The van der Waals surface area contributed by atoms with E-state index >= 15 is 0 Å². The fraction of sp³-hybridized carbons (Fsp3) is 0.333. The summed E-state index contributed by atoms with van der Waals surface area (Å²) in [4.78, 5) is 17.5. The van der Waals surface area contributed by atoms with Crippen LogP contribution in [-0.4, -0.2) is 16.1 Å². The summed E-state index contributed by atoms with van der Waals surface area (Å²) in [6.07, 6.45) is 0.652. The van der Waals surface area contributed by atoms with Crippen LogP contribution in [-0.2, 0) is 11.2 Å². The fourth-order valence-electron chi connectivity index (χ4n) is 1.62. The fourth-order valence-corrected chi connectivity index (χ4v) is 3.54. The van der Waals surface area contributed by atoms with Crippen LogP contribution in [0.25, 0.3) is 10.6 Å². The van der Waals surface area contributed by atoms with Crippen LogP contribution >= 0.6 is 22.7 Å². The number of aromatic nitrogens is 1. The molecule has 2 heterocycles. The zero-order chi connectivity index (χ0) is 12.4. The minimum absolute atomic E-state index is 0.144. The first-order chi connectivity index (χ1) is 8.06. The largest absolute Gasteiger partial charge is 0.481 e. The molecule has 0 bridgehead atoms. The Morgan fingerprint density at radius 3 is 2.82 bits per heavy atom. The van der Waals surface area contributed by atoms with Gasteiger partial charge in [-0.15, -0.1) is 22.7 Å². The van der Waals surface area contributed by atoms with Gasteiger partial charge in [0.2, 0.25) is 0 Å². The van der Waals surface area contributed by atoms with Crippen LogP contribution in [0.5, 0.6) is 0 Å². The molecule has 2 aromatic rings. The first kappa shape index (κ1) is 12.3. The zero-order valence-corrected chi connectivity index (χ0v) is 11.3. The second kappa shape index (κ2) is 4.98. The highest BCUT2D eigenvalue weighted by molar-refractivity contribution is 7.15. The van der Waals surface area contributed by atoms with E-state index in [1.807, 2.05) is 5.38 Å². The number of aliphatic carboxylic acids is 1. The Kier molecular flexibility index (Phi) is 3.59. The van der Waals surface area contributed by atoms with Gasteiger partial charge in [0, 0.05) is 27.1 Å². The summed E-state index contributed by atoms with van der Waals surface area (Å²) < 4.78 is 0. The number of hydrogen-bond acceptors (Lipinski definition) is 4. The van der Waals surface area contributed by atoms with Gasteiger partial charge in [-0.2, -0.15) is 0 Å². The summed E-state index contributed by atoms with van der Waals surface area (Å²) in [7, 11) is 0. The number of carboxylic acid groups (broad SMARTS) is 1. The van der Waals surface area contributed by atoms with Crippen molar-refractivity contribution in [1.82, 2.24) is 4.98 Å². The first-order valence-electron chi connectivity index (χ1n) is 5.30. The summed E-state index contributed by atoms with van der Waals surface area (Å²) in [5.41, 5.74) is 2.05. The Hall–Kier alpha value is -1.20. The number of thiophene rings is 1. The van der Waals surface area contributed by atoms with Crippen LogP contribution in [0.1, 0.15) is 21.9 Å². The Balaban J connectivity index is 2.18. The monoisotopic (exact) mass is 267 g/mol. The smallest absolute Gasteiger partial charge is 0.303 e. The standard InChI is InChI=1S/C12H13NO2S2/c1-7-5-10(8(2)17-7)12-13-9(6-16-12)3-4-11(14)15/h5-6H,3-4H2,1-2H3,(H,14,15). The minimum atomic E-state index is -0.776. The molecule has 0 spiro atoms. The highest BCUT2D eigenvalue weighted by Gasteiger charge is 2.10. The van der Waals surface area contributed by atoms with E-state index in [1.165, 1.54) is 15.3 Å². The highest BCUT2D eigenvalue weighted by atomic mass is 32.1. The van der Waals surface area contributed by atoms with Gasteiger partial charge < -0.3 is 5.11 Å². The van der Waals surface area contributed by atoms with E-state index in [-0.39, 0.29) is 6.42 Å². The van der Waals surface area contributed by atoms with Crippen molar-refractivity contribution in [3.05, 3.63) is 26.9 Å². The summed E-state index contributed by atoms with van der Waals surface area (Å²) in [6, 6.07) is 2.14. The molecule has 5 heteroatoms. The van der Waals surface area contributed by atoms with E-state index in [9.17, 15) is 4.79 Å². The quantitative estimate of drug-likeness (QED) is 0.922. The molecule has 90 valence electrons. The molecule has 0 fully saturated rings. The lowest BCUT2D eigenvalue weighted by Crippen LogP contribution is -1.97. The third-order valence-corrected chi connectivity index (χ3v) is 4.31. The number of carbonyl (C=O) groups is 1. The molecule has 0 radical (unpaired) electrons. The normalized spacial score (nSPS) is 10.7. The molecule has 0 aromatic carbocycles. The van der Waals surface area contributed by atoms with Gasteiger partial charge in [0.1, 0.15) is 5.01 Å². The Morgan fingerprint density at radius 2 is 2.24 bits per heavy atom. The molecule has 2 aromatic heterocycles. The lowest BCUT2D eigenvalue weighted by atomic mass is 10.2. The van der Waals surface area contributed by atoms with Crippen LogP contribution in [0.15, 0.2) is 11.4 Å². The van der Waals surface area contributed by atoms with Crippen molar-refractivity contribution < 1.29 is 9.90 Å². The van der Waals surface area contributed by atoms with Crippen molar-refractivity contribution in [2.75, 3.05) is 0 Å². The number of thiazole rings is 1. The van der Waals surface area contributed by atoms with Crippen molar-refractivity contribution in [3.8, 4) is 10.6 Å². The topological polar surface area (TPSA) is 50.2 Å². The van der Waals surface area contributed by atoms with Crippen molar-refractivity contribution in [1.29, 1.82) is 0 Å². The summed E-state index contributed by atoms with van der Waals surface area (Å²) in [5, 5.41) is 11.6. The van der Waals surface area contributed by atoms with E-state index in [4.69, 9.17) is 5.11 Å². The molecular weight excluding hydrogens is 254 g/mol. The number of rotatable bonds is 4. The van der Waals surface area contributed by atoms with Gasteiger partial charge in [-0.1, -0.05) is 0 Å². The lowest BCUT2D eigenvalue weighted by molar-refractivity contribution is -0.136. The third-order valence-electron chi connectivity index (χ3n) is 2.42.